The number of anilines is 1. The second-order valence-electron chi connectivity index (χ2n) is 3.74. The highest BCUT2D eigenvalue weighted by molar-refractivity contribution is 8.22. The molecule has 0 fully saturated rings. The number of nitrogens with one attached hydrogen (secondary N) is 2. The van der Waals surface area contributed by atoms with Crippen LogP contribution in [0, 0.1) is 0 Å². The maximum absolute atomic E-state index is 11.9. The standard InChI is InChI=1S/C11H14N2O2S3/c1-15-10(14)8-6-3-4-12-5-7(6)18-9(8)13-11(16)17-2/h12H,3-5H2,1-2H3,(H,13,16). The van der Waals surface area contributed by atoms with E-state index in [-0.39, 0.29) is 5.97 Å². The van der Waals surface area contributed by atoms with Gasteiger partial charge in [0.15, 0.2) is 0 Å². The van der Waals surface area contributed by atoms with Crippen molar-refractivity contribution in [2.75, 3.05) is 25.2 Å². The number of fused-ring (bicyclic) bond motifs is 1. The highest BCUT2D eigenvalue weighted by Gasteiger charge is 2.26. The number of thiophene rings is 1. The SMILES string of the molecule is COC(=O)c1c(NC(=S)SC)sc2c1CCNC2. The number of hydrogen-bond donors (Lipinski definition) is 2. The van der Waals surface area contributed by atoms with Crippen LogP contribution < -0.4 is 10.6 Å². The third kappa shape index (κ3) is 2.69. The fourth-order valence-corrected chi connectivity index (χ4v) is 3.53. The Morgan fingerprint density at radius 3 is 3.06 bits per heavy atom. The van der Waals surface area contributed by atoms with Crippen molar-refractivity contribution in [1.29, 1.82) is 0 Å². The summed E-state index contributed by atoms with van der Waals surface area (Å²) in [6.45, 7) is 1.69. The maximum Gasteiger partial charge on any atom is 0.341 e. The molecule has 2 N–H and O–H groups in total. The first kappa shape index (κ1) is 13.8. The first-order valence-electron chi connectivity index (χ1n) is 5.46. The van der Waals surface area contributed by atoms with Crippen molar-refractivity contribution in [2.45, 2.75) is 13.0 Å². The molecule has 0 saturated heterocycles. The fourth-order valence-electron chi connectivity index (χ4n) is 1.88. The molecule has 1 aliphatic rings. The highest BCUT2D eigenvalue weighted by Crippen LogP contribution is 2.36. The average molecular weight is 302 g/mol. The zero-order valence-corrected chi connectivity index (χ0v) is 12.6. The fraction of sp³-hybridized carbons (Fsp3) is 0.455. The van der Waals surface area contributed by atoms with Gasteiger partial charge < -0.3 is 15.4 Å². The van der Waals surface area contributed by atoms with E-state index in [9.17, 15) is 4.79 Å². The number of carbonyl (C=O) groups excluding carboxylic acids is 1. The van der Waals surface area contributed by atoms with Crippen LogP contribution in [0.15, 0.2) is 0 Å². The van der Waals surface area contributed by atoms with Crippen LogP contribution in [0.25, 0.3) is 0 Å². The molecule has 0 radical (unpaired) electrons. The Balaban J connectivity index is 2.41. The first-order valence-corrected chi connectivity index (χ1v) is 7.90. The van der Waals surface area contributed by atoms with E-state index in [0.29, 0.717) is 9.88 Å². The second-order valence-corrected chi connectivity index (χ2v) is 6.33. The number of thioether (sulfide) groups is 1. The summed E-state index contributed by atoms with van der Waals surface area (Å²) in [5.41, 5.74) is 1.74. The summed E-state index contributed by atoms with van der Waals surface area (Å²) in [5.74, 6) is -0.291. The predicted molar refractivity (Wildman–Crippen MR) is 80.8 cm³/mol. The van der Waals surface area contributed by atoms with E-state index < -0.39 is 0 Å². The molecule has 0 spiro atoms. The number of ether oxygens (including phenoxy) is 1. The lowest BCUT2D eigenvalue weighted by atomic mass is 10.0. The number of thiocarbonyl (C=S) groups is 1. The molecule has 1 aliphatic heterocycles. The van der Waals surface area contributed by atoms with Gasteiger partial charge in [-0.15, -0.1) is 23.1 Å². The zero-order valence-electron chi connectivity index (χ0n) is 10.2. The van der Waals surface area contributed by atoms with E-state index in [1.165, 1.54) is 23.7 Å². The summed E-state index contributed by atoms with van der Waals surface area (Å²) < 4.78 is 5.53. The van der Waals surface area contributed by atoms with E-state index in [0.717, 1.165) is 30.1 Å². The molecule has 1 aromatic rings. The van der Waals surface area contributed by atoms with Gasteiger partial charge in [-0.1, -0.05) is 12.2 Å². The Kier molecular flexibility index (Phi) is 4.60. The monoisotopic (exact) mass is 302 g/mol. The molecule has 0 unspecified atom stereocenters. The molecule has 2 rings (SSSR count). The van der Waals surface area contributed by atoms with Crippen LogP contribution in [-0.2, 0) is 17.7 Å². The summed E-state index contributed by atoms with van der Waals surface area (Å²) in [7, 11) is 1.41. The molecular weight excluding hydrogens is 288 g/mol. The summed E-state index contributed by atoms with van der Waals surface area (Å²) in [5, 5.41) is 7.22. The van der Waals surface area contributed by atoms with Crippen LogP contribution in [0.4, 0.5) is 5.00 Å². The Labute approximate surface area is 119 Å². The van der Waals surface area contributed by atoms with Crippen LogP contribution in [0.1, 0.15) is 20.8 Å². The molecule has 0 bridgehead atoms. The minimum absolute atomic E-state index is 0.291. The topological polar surface area (TPSA) is 50.4 Å². The number of hydrogen-bond acceptors (Lipinski definition) is 6. The average Bonchev–Trinajstić information content (AvgIpc) is 2.75. The number of esters is 1. The normalized spacial score (nSPS) is 13.9. The number of rotatable bonds is 2. The molecule has 0 amide bonds. The summed E-state index contributed by atoms with van der Waals surface area (Å²) in [6, 6.07) is 0. The van der Waals surface area contributed by atoms with Gasteiger partial charge >= 0.3 is 5.97 Å². The summed E-state index contributed by atoms with van der Waals surface area (Å²) in [4.78, 5) is 13.1. The van der Waals surface area contributed by atoms with Gasteiger partial charge in [-0.2, -0.15) is 0 Å². The molecule has 2 heterocycles. The van der Waals surface area contributed by atoms with Crippen molar-refractivity contribution in [3.63, 3.8) is 0 Å². The lowest BCUT2D eigenvalue weighted by Crippen LogP contribution is -2.23. The largest absolute Gasteiger partial charge is 0.465 e. The predicted octanol–water partition coefficient (Wildman–Crippen LogP) is 2.24. The molecular formula is C11H14N2O2S3. The van der Waals surface area contributed by atoms with Gasteiger partial charge in [0, 0.05) is 11.4 Å². The van der Waals surface area contributed by atoms with E-state index >= 15 is 0 Å². The third-order valence-electron chi connectivity index (χ3n) is 2.72. The Morgan fingerprint density at radius 2 is 2.39 bits per heavy atom. The Hall–Kier alpha value is -0.630. The van der Waals surface area contributed by atoms with Crippen molar-refractivity contribution in [2.24, 2.45) is 0 Å². The van der Waals surface area contributed by atoms with Crippen molar-refractivity contribution in [1.82, 2.24) is 5.32 Å². The van der Waals surface area contributed by atoms with E-state index in [1.54, 1.807) is 11.3 Å². The molecule has 0 aliphatic carbocycles. The maximum atomic E-state index is 11.9. The van der Waals surface area contributed by atoms with Crippen LogP contribution in [-0.4, -0.2) is 30.2 Å². The Morgan fingerprint density at radius 1 is 1.61 bits per heavy atom. The van der Waals surface area contributed by atoms with Gasteiger partial charge in [0.05, 0.1) is 12.7 Å². The van der Waals surface area contributed by atoms with Crippen molar-refractivity contribution in [3.05, 3.63) is 16.0 Å². The van der Waals surface area contributed by atoms with Gasteiger partial charge in [-0.25, -0.2) is 4.79 Å². The summed E-state index contributed by atoms with van der Waals surface area (Å²) >= 11 is 8.18. The van der Waals surface area contributed by atoms with Gasteiger partial charge in [-0.05, 0) is 24.8 Å². The van der Waals surface area contributed by atoms with Crippen LogP contribution in [0.3, 0.4) is 0 Å². The van der Waals surface area contributed by atoms with Crippen LogP contribution in [0.5, 0.6) is 0 Å². The minimum Gasteiger partial charge on any atom is -0.465 e. The van der Waals surface area contributed by atoms with Crippen molar-refractivity contribution < 1.29 is 9.53 Å². The Bertz CT molecular complexity index is 485. The second kappa shape index (κ2) is 6.01. The van der Waals surface area contributed by atoms with E-state index in [1.807, 2.05) is 6.26 Å². The first-order chi connectivity index (χ1) is 8.67. The molecule has 98 valence electrons. The lowest BCUT2D eigenvalue weighted by molar-refractivity contribution is 0.0601. The van der Waals surface area contributed by atoms with Crippen LogP contribution >= 0.6 is 35.3 Å². The van der Waals surface area contributed by atoms with Gasteiger partial charge in [0.2, 0.25) is 0 Å². The highest BCUT2D eigenvalue weighted by atomic mass is 32.2. The van der Waals surface area contributed by atoms with Gasteiger partial charge in [0.25, 0.3) is 0 Å². The molecule has 0 saturated carbocycles. The minimum atomic E-state index is -0.291. The zero-order chi connectivity index (χ0) is 13.1. The molecule has 0 aromatic carbocycles. The quantitative estimate of drug-likeness (QED) is 0.645. The molecule has 18 heavy (non-hydrogen) atoms. The van der Waals surface area contributed by atoms with Crippen molar-refractivity contribution in [3.8, 4) is 0 Å². The summed E-state index contributed by atoms with van der Waals surface area (Å²) in [6.07, 6.45) is 2.76. The van der Waals surface area contributed by atoms with Gasteiger partial charge in [-0.3, -0.25) is 0 Å². The molecule has 0 atom stereocenters. The molecule has 1 aromatic heterocycles. The van der Waals surface area contributed by atoms with Gasteiger partial charge in [0.1, 0.15) is 9.32 Å². The smallest absolute Gasteiger partial charge is 0.341 e. The van der Waals surface area contributed by atoms with Crippen molar-refractivity contribution >= 4 is 50.6 Å². The molecule has 7 heteroatoms. The van der Waals surface area contributed by atoms with Crippen LogP contribution in [0.2, 0.25) is 0 Å². The number of carbonyl (C=O) groups is 1. The van der Waals surface area contributed by atoms with E-state index in [2.05, 4.69) is 10.6 Å². The number of methoxy groups -OCH3 is 1. The lowest BCUT2D eigenvalue weighted by Gasteiger charge is -2.13. The third-order valence-corrected chi connectivity index (χ3v) is 4.94. The molecule has 4 nitrogen and oxygen atoms in total. The van der Waals surface area contributed by atoms with E-state index in [4.69, 9.17) is 17.0 Å².